The predicted molar refractivity (Wildman–Crippen MR) is 215 cm³/mol. The zero-order valence-corrected chi connectivity index (χ0v) is 33.3. The molecule has 60 heavy (non-hydrogen) atoms. The van der Waals surface area contributed by atoms with E-state index in [4.69, 9.17) is 9.47 Å². The van der Waals surface area contributed by atoms with Gasteiger partial charge in [0, 0.05) is 50.0 Å². The summed E-state index contributed by atoms with van der Waals surface area (Å²) in [4.78, 5) is 81.8. The molecular formula is C42H43FN8O9. The van der Waals surface area contributed by atoms with Gasteiger partial charge in [-0.3, -0.25) is 9.59 Å². The number of aromatic nitrogens is 4. The number of carbonyl (C=O) groups excluding carboxylic acids is 4. The van der Waals surface area contributed by atoms with Gasteiger partial charge in [0.05, 0.1) is 17.1 Å². The largest absolute Gasteiger partial charge is 0.477 e. The summed E-state index contributed by atoms with van der Waals surface area (Å²) >= 11 is 0. The van der Waals surface area contributed by atoms with E-state index in [0.29, 0.717) is 23.3 Å². The van der Waals surface area contributed by atoms with Gasteiger partial charge < -0.3 is 34.3 Å². The lowest BCUT2D eigenvalue weighted by Crippen LogP contribution is -2.49. The van der Waals surface area contributed by atoms with Crippen LogP contribution >= 0.6 is 0 Å². The molecule has 2 aliphatic heterocycles. The first-order valence-corrected chi connectivity index (χ1v) is 19.4. The highest BCUT2D eigenvalue weighted by Crippen LogP contribution is 2.37. The highest BCUT2D eigenvalue weighted by molar-refractivity contribution is 5.98. The Morgan fingerprint density at radius 1 is 0.883 bits per heavy atom. The van der Waals surface area contributed by atoms with Gasteiger partial charge in [-0.15, -0.1) is 10.2 Å². The third-order valence-corrected chi connectivity index (χ3v) is 10.6. The molecule has 0 aliphatic carbocycles. The number of imide groups is 1. The topological polar surface area (TPSA) is 198 Å². The number of benzene rings is 3. The number of fused-ring (bicyclic) bond motifs is 2. The molecule has 3 aromatic carbocycles. The van der Waals surface area contributed by atoms with E-state index in [1.807, 2.05) is 32.0 Å². The van der Waals surface area contributed by atoms with Gasteiger partial charge in [-0.2, -0.15) is 0 Å². The van der Waals surface area contributed by atoms with E-state index < -0.39 is 58.9 Å². The fourth-order valence-electron chi connectivity index (χ4n) is 7.37. The molecule has 312 valence electrons. The molecule has 5 aromatic rings. The van der Waals surface area contributed by atoms with Crippen molar-refractivity contribution in [1.29, 1.82) is 0 Å². The number of hydrogen-bond donors (Lipinski definition) is 2. The van der Waals surface area contributed by atoms with Crippen LogP contribution in [0, 0.1) is 11.7 Å². The molecule has 0 bridgehead atoms. The van der Waals surface area contributed by atoms with E-state index in [0.717, 1.165) is 16.5 Å². The van der Waals surface area contributed by atoms with Gasteiger partial charge in [-0.1, -0.05) is 56.3 Å². The Balaban J connectivity index is 0.923. The number of rotatable bonds is 11. The SMILES string of the molecule is CCn1cc(C(=O)O)c(=O)c2cc(F)c(N3CCN(C(=O)OCc4ccc(NC(=O)[C@H](C)c5nnc6n5C(=O)N(C(=O)OCc5ccccc5)C6C(C)C)cc4)CC3)cc21. The van der Waals surface area contributed by atoms with Crippen LogP contribution in [0.1, 0.15) is 72.8 Å². The normalized spacial score (nSPS) is 15.6. The minimum absolute atomic E-state index is 0.0224. The second-order valence-electron chi connectivity index (χ2n) is 14.9. The molecule has 4 heterocycles. The Hall–Kier alpha value is -7.11. The Morgan fingerprint density at radius 3 is 2.17 bits per heavy atom. The number of aromatic carboxylic acids is 1. The highest BCUT2D eigenvalue weighted by Gasteiger charge is 2.47. The Labute approximate surface area is 342 Å². The summed E-state index contributed by atoms with van der Waals surface area (Å²) in [6.45, 7) is 8.41. The lowest BCUT2D eigenvalue weighted by molar-refractivity contribution is -0.117. The van der Waals surface area contributed by atoms with Crippen molar-refractivity contribution in [3.63, 3.8) is 0 Å². The number of anilines is 2. The van der Waals surface area contributed by atoms with Crippen LogP contribution in [0.5, 0.6) is 0 Å². The van der Waals surface area contributed by atoms with Gasteiger partial charge >= 0.3 is 24.2 Å². The fraction of sp³-hybridized carbons (Fsp3) is 0.333. The quantitative estimate of drug-likeness (QED) is 0.159. The molecule has 0 saturated carbocycles. The second-order valence-corrected chi connectivity index (χ2v) is 14.9. The number of halogens is 1. The van der Waals surface area contributed by atoms with Crippen LogP contribution in [0.3, 0.4) is 0 Å². The molecule has 2 N–H and O–H groups in total. The molecule has 4 amide bonds. The first kappa shape index (κ1) is 41.1. The summed E-state index contributed by atoms with van der Waals surface area (Å²) in [6, 6.07) is 16.9. The molecule has 7 rings (SSSR count). The summed E-state index contributed by atoms with van der Waals surface area (Å²) in [6.07, 6.45) is -0.127. The Kier molecular flexibility index (Phi) is 11.6. The number of piperazine rings is 1. The van der Waals surface area contributed by atoms with Crippen LogP contribution in [0.25, 0.3) is 10.9 Å². The van der Waals surface area contributed by atoms with Gasteiger partial charge in [0.2, 0.25) is 11.3 Å². The zero-order chi connectivity index (χ0) is 42.8. The lowest BCUT2D eigenvalue weighted by Gasteiger charge is -2.35. The van der Waals surface area contributed by atoms with Gasteiger partial charge in [0.1, 0.15) is 30.6 Å². The third-order valence-electron chi connectivity index (χ3n) is 10.6. The number of carboxylic acid groups (broad SMARTS) is 1. The van der Waals surface area contributed by atoms with Gasteiger partial charge in [-0.05, 0) is 55.2 Å². The fourth-order valence-corrected chi connectivity index (χ4v) is 7.37. The van der Waals surface area contributed by atoms with E-state index in [-0.39, 0.29) is 68.0 Å². The summed E-state index contributed by atoms with van der Waals surface area (Å²) < 4.78 is 29.1. The van der Waals surface area contributed by atoms with Crippen LogP contribution in [0.4, 0.5) is 30.1 Å². The molecule has 18 heteroatoms. The molecule has 1 fully saturated rings. The highest BCUT2D eigenvalue weighted by atomic mass is 19.1. The summed E-state index contributed by atoms with van der Waals surface area (Å²) in [7, 11) is 0. The van der Waals surface area contributed by atoms with Crippen molar-refractivity contribution in [1.82, 2.24) is 29.1 Å². The molecular weight excluding hydrogens is 780 g/mol. The van der Waals surface area contributed by atoms with Crippen LogP contribution in [-0.2, 0) is 34.0 Å². The molecule has 1 saturated heterocycles. The number of carbonyl (C=O) groups is 5. The molecule has 17 nitrogen and oxygen atoms in total. The number of pyridine rings is 1. The van der Waals surface area contributed by atoms with Gasteiger partial charge in [0.25, 0.3) is 0 Å². The molecule has 2 aromatic heterocycles. The smallest absolute Gasteiger partial charge is 0.419 e. The van der Waals surface area contributed by atoms with Gasteiger partial charge in [0.15, 0.2) is 11.6 Å². The van der Waals surface area contributed by atoms with Crippen LogP contribution in [-0.4, -0.2) is 90.5 Å². The van der Waals surface area contributed by atoms with Crippen molar-refractivity contribution in [2.45, 2.75) is 59.4 Å². The summed E-state index contributed by atoms with van der Waals surface area (Å²) in [5.74, 6) is -3.37. The summed E-state index contributed by atoms with van der Waals surface area (Å²) in [5, 5.41) is 20.6. The first-order valence-electron chi connectivity index (χ1n) is 19.4. The zero-order valence-electron chi connectivity index (χ0n) is 33.3. The molecule has 0 spiro atoms. The Bertz CT molecular complexity index is 2530. The number of amides is 4. The van der Waals surface area contributed by atoms with E-state index in [2.05, 4.69) is 15.5 Å². The van der Waals surface area contributed by atoms with Crippen molar-refractivity contribution >= 4 is 52.4 Å². The minimum atomic E-state index is -1.38. The average Bonchev–Trinajstić information content (AvgIpc) is 3.81. The van der Waals surface area contributed by atoms with Crippen molar-refractivity contribution < 1.29 is 42.9 Å². The van der Waals surface area contributed by atoms with E-state index >= 15 is 4.39 Å². The minimum Gasteiger partial charge on any atom is -0.477 e. The van der Waals surface area contributed by atoms with Crippen LogP contribution in [0.15, 0.2) is 77.7 Å². The number of aryl methyl sites for hydroxylation is 1. The van der Waals surface area contributed by atoms with Gasteiger partial charge in [-0.25, -0.2) is 33.0 Å². The summed E-state index contributed by atoms with van der Waals surface area (Å²) in [5.41, 5.74) is 1.31. The third kappa shape index (κ3) is 7.99. The first-order chi connectivity index (χ1) is 28.8. The van der Waals surface area contributed by atoms with Crippen molar-refractivity contribution in [2.75, 3.05) is 36.4 Å². The second kappa shape index (κ2) is 17.0. The molecule has 2 atom stereocenters. The molecule has 2 aliphatic rings. The Morgan fingerprint density at radius 2 is 1.53 bits per heavy atom. The lowest BCUT2D eigenvalue weighted by atomic mass is 10.0. The number of nitrogens with zero attached hydrogens (tertiary/aromatic N) is 7. The standard InChI is InChI=1S/C42H43FN8O9/c1-5-47-21-30(39(54)55)35(52)29-19-31(43)33(20-32(29)47)48-15-17-49(18-16-48)41(57)59-23-27-11-13-28(14-12-27)44-38(53)25(4)36-45-46-37-34(24(2)3)50(40(56)51(36)37)42(58)60-22-26-9-7-6-8-10-26/h6-14,19-21,24-25,34H,5,15-18,22-23H2,1-4H3,(H,44,53)(H,54,55)/t25-,34?/m1/s1. The number of hydrogen-bond acceptors (Lipinski definition) is 11. The van der Waals surface area contributed by atoms with E-state index in [9.17, 15) is 33.9 Å². The molecule has 0 radical (unpaired) electrons. The maximum absolute atomic E-state index is 15.3. The van der Waals surface area contributed by atoms with E-state index in [1.165, 1.54) is 21.7 Å². The maximum atomic E-state index is 15.3. The van der Waals surface area contributed by atoms with Crippen LogP contribution in [0.2, 0.25) is 0 Å². The number of carboxylic acids is 1. The number of nitrogens with one attached hydrogen (secondary N) is 1. The molecule has 1 unspecified atom stereocenters. The van der Waals surface area contributed by atoms with Crippen LogP contribution < -0.4 is 15.6 Å². The number of ether oxygens (including phenoxy) is 2. The van der Waals surface area contributed by atoms with Crippen molar-refractivity contribution in [2.24, 2.45) is 5.92 Å². The van der Waals surface area contributed by atoms with E-state index in [1.54, 1.807) is 59.7 Å². The average molecular weight is 823 g/mol. The van der Waals surface area contributed by atoms with Crippen molar-refractivity contribution in [3.05, 3.63) is 117 Å². The predicted octanol–water partition coefficient (Wildman–Crippen LogP) is 5.97. The maximum Gasteiger partial charge on any atom is 0.419 e. The van der Waals surface area contributed by atoms with Crippen molar-refractivity contribution in [3.8, 4) is 0 Å². The monoisotopic (exact) mass is 822 g/mol.